The second-order valence-corrected chi connectivity index (χ2v) is 4.45. The number of pyridine rings is 1. The molecule has 106 valence electrons. The van der Waals surface area contributed by atoms with E-state index in [4.69, 9.17) is 0 Å². The summed E-state index contributed by atoms with van der Waals surface area (Å²) in [4.78, 5) is 5.95. The average Bonchev–Trinajstić information content (AvgIpc) is 2.46. The van der Waals surface area contributed by atoms with Crippen LogP contribution in [0.1, 0.15) is 18.1 Å². The summed E-state index contributed by atoms with van der Waals surface area (Å²) < 4.78 is 13.0. The van der Waals surface area contributed by atoms with Crippen LogP contribution >= 0.6 is 0 Å². The van der Waals surface area contributed by atoms with Gasteiger partial charge in [-0.15, -0.1) is 0 Å². The molecule has 0 bridgehead atoms. The van der Waals surface area contributed by atoms with Gasteiger partial charge in [-0.05, 0) is 36.8 Å². The molecule has 0 fully saturated rings. The van der Waals surface area contributed by atoms with Gasteiger partial charge in [0.2, 0.25) is 0 Å². The van der Waals surface area contributed by atoms with Crippen molar-refractivity contribution in [2.24, 2.45) is 0 Å². The first-order chi connectivity index (χ1) is 9.65. The lowest BCUT2D eigenvalue weighted by atomic mass is 10.1. The third kappa shape index (κ3) is 3.05. The number of anilines is 1. The third-order valence-electron chi connectivity index (χ3n) is 3.22. The summed E-state index contributed by atoms with van der Waals surface area (Å²) >= 11 is 0. The molecular formula is C15H17FN2O2. The monoisotopic (exact) mass is 276 g/mol. The van der Waals surface area contributed by atoms with Crippen molar-refractivity contribution in [3.63, 3.8) is 0 Å². The van der Waals surface area contributed by atoms with E-state index in [0.29, 0.717) is 18.7 Å². The first-order valence-electron chi connectivity index (χ1n) is 6.41. The normalized spacial score (nSPS) is 10.6. The number of aliphatic hydroxyl groups excluding tert-OH is 1. The van der Waals surface area contributed by atoms with Crippen LogP contribution in [0.5, 0.6) is 5.75 Å². The van der Waals surface area contributed by atoms with E-state index in [1.807, 2.05) is 11.8 Å². The van der Waals surface area contributed by atoms with Gasteiger partial charge in [-0.1, -0.05) is 0 Å². The Labute approximate surface area is 117 Å². The Morgan fingerprint density at radius 2 is 1.90 bits per heavy atom. The standard InChI is InChI=1S/C15H17FN2O2/c1-2-18(13-5-3-12(16)4-6-13)9-11-7-17-8-15(20)14(11)10-19/h3-8,19-20H,2,9-10H2,1H3. The van der Waals surface area contributed by atoms with Gasteiger partial charge < -0.3 is 15.1 Å². The lowest BCUT2D eigenvalue weighted by molar-refractivity contribution is 0.273. The third-order valence-corrected chi connectivity index (χ3v) is 3.22. The van der Waals surface area contributed by atoms with E-state index >= 15 is 0 Å². The zero-order chi connectivity index (χ0) is 14.5. The van der Waals surface area contributed by atoms with Crippen molar-refractivity contribution in [2.75, 3.05) is 11.4 Å². The van der Waals surface area contributed by atoms with Crippen LogP contribution in [0.15, 0.2) is 36.7 Å². The Balaban J connectivity index is 2.26. The molecule has 0 amide bonds. The van der Waals surface area contributed by atoms with Gasteiger partial charge in [-0.2, -0.15) is 0 Å². The highest BCUT2D eigenvalue weighted by atomic mass is 19.1. The zero-order valence-electron chi connectivity index (χ0n) is 11.3. The number of nitrogens with zero attached hydrogens (tertiary/aromatic N) is 2. The Hall–Kier alpha value is -2.14. The average molecular weight is 276 g/mol. The lowest BCUT2D eigenvalue weighted by Gasteiger charge is -2.24. The van der Waals surface area contributed by atoms with E-state index in [2.05, 4.69) is 4.98 Å². The molecule has 2 rings (SSSR count). The van der Waals surface area contributed by atoms with Crippen LogP contribution in [0.25, 0.3) is 0 Å². The van der Waals surface area contributed by atoms with E-state index < -0.39 is 0 Å². The largest absolute Gasteiger partial charge is 0.506 e. The molecule has 5 heteroatoms. The number of aromatic nitrogens is 1. The Bertz CT molecular complexity index is 573. The van der Waals surface area contributed by atoms with Crippen molar-refractivity contribution in [3.05, 3.63) is 53.6 Å². The van der Waals surface area contributed by atoms with Gasteiger partial charge >= 0.3 is 0 Å². The molecular weight excluding hydrogens is 259 g/mol. The molecule has 20 heavy (non-hydrogen) atoms. The van der Waals surface area contributed by atoms with E-state index in [1.54, 1.807) is 18.3 Å². The summed E-state index contributed by atoms with van der Waals surface area (Å²) in [6.07, 6.45) is 2.93. The highest BCUT2D eigenvalue weighted by Crippen LogP contribution is 2.23. The van der Waals surface area contributed by atoms with Gasteiger partial charge in [0.25, 0.3) is 0 Å². The molecule has 0 aliphatic rings. The maximum absolute atomic E-state index is 13.0. The van der Waals surface area contributed by atoms with Gasteiger partial charge in [0, 0.05) is 30.5 Å². The van der Waals surface area contributed by atoms with Crippen LogP contribution in [0.4, 0.5) is 10.1 Å². The summed E-state index contributed by atoms with van der Waals surface area (Å²) in [6, 6.07) is 6.22. The number of benzene rings is 1. The number of hydrogen-bond donors (Lipinski definition) is 2. The maximum atomic E-state index is 13.0. The van der Waals surface area contributed by atoms with Crippen LogP contribution in [-0.4, -0.2) is 21.7 Å². The van der Waals surface area contributed by atoms with Crippen LogP contribution in [0.2, 0.25) is 0 Å². The molecule has 1 aromatic heterocycles. The highest BCUT2D eigenvalue weighted by Gasteiger charge is 2.12. The number of hydrogen-bond acceptors (Lipinski definition) is 4. The SMILES string of the molecule is CCN(Cc1cncc(O)c1CO)c1ccc(F)cc1. The molecule has 2 aromatic rings. The van der Waals surface area contributed by atoms with Crippen molar-refractivity contribution in [1.82, 2.24) is 4.98 Å². The van der Waals surface area contributed by atoms with Gasteiger partial charge in [0.05, 0.1) is 12.8 Å². The molecule has 0 radical (unpaired) electrons. The van der Waals surface area contributed by atoms with Gasteiger partial charge in [-0.3, -0.25) is 4.98 Å². The van der Waals surface area contributed by atoms with E-state index in [-0.39, 0.29) is 18.2 Å². The predicted molar refractivity (Wildman–Crippen MR) is 74.9 cm³/mol. The van der Waals surface area contributed by atoms with Crippen LogP contribution in [-0.2, 0) is 13.2 Å². The van der Waals surface area contributed by atoms with Gasteiger partial charge in [0.15, 0.2) is 0 Å². The predicted octanol–water partition coefficient (Wildman–Crippen LogP) is 2.45. The Morgan fingerprint density at radius 1 is 1.20 bits per heavy atom. The molecule has 0 atom stereocenters. The number of halogens is 1. The van der Waals surface area contributed by atoms with E-state index in [9.17, 15) is 14.6 Å². The lowest BCUT2D eigenvalue weighted by Crippen LogP contribution is -2.22. The van der Waals surface area contributed by atoms with Crippen molar-refractivity contribution >= 4 is 5.69 Å². The van der Waals surface area contributed by atoms with Crippen molar-refractivity contribution < 1.29 is 14.6 Å². The molecule has 4 nitrogen and oxygen atoms in total. The minimum absolute atomic E-state index is 0.0137. The highest BCUT2D eigenvalue weighted by molar-refractivity contribution is 5.48. The van der Waals surface area contributed by atoms with E-state index in [1.165, 1.54) is 18.3 Å². The second-order valence-electron chi connectivity index (χ2n) is 4.45. The molecule has 0 saturated heterocycles. The van der Waals surface area contributed by atoms with Crippen molar-refractivity contribution in [3.8, 4) is 5.75 Å². The molecule has 0 spiro atoms. The fraction of sp³-hybridized carbons (Fsp3) is 0.267. The molecule has 0 unspecified atom stereocenters. The van der Waals surface area contributed by atoms with Gasteiger partial charge in [0.1, 0.15) is 11.6 Å². The van der Waals surface area contributed by atoms with Crippen LogP contribution in [0.3, 0.4) is 0 Å². The van der Waals surface area contributed by atoms with Crippen LogP contribution in [0, 0.1) is 5.82 Å². The Morgan fingerprint density at radius 3 is 2.50 bits per heavy atom. The summed E-state index contributed by atoms with van der Waals surface area (Å²) in [5.74, 6) is -0.292. The molecule has 1 heterocycles. The maximum Gasteiger partial charge on any atom is 0.139 e. The second kappa shape index (κ2) is 6.34. The minimum atomic E-state index is -0.278. The molecule has 0 aliphatic carbocycles. The van der Waals surface area contributed by atoms with Crippen molar-refractivity contribution in [2.45, 2.75) is 20.1 Å². The zero-order valence-corrected chi connectivity index (χ0v) is 11.3. The summed E-state index contributed by atoms with van der Waals surface area (Å²) in [5.41, 5.74) is 2.10. The minimum Gasteiger partial charge on any atom is -0.506 e. The molecule has 2 N–H and O–H groups in total. The fourth-order valence-electron chi connectivity index (χ4n) is 2.08. The first-order valence-corrected chi connectivity index (χ1v) is 6.41. The first kappa shape index (κ1) is 14.3. The number of rotatable bonds is 5. The van der Waals surface area contributed by atoms with Crippen LogP contribution < -0.4 is 4.90 Å². The molecule has 0 aliphatic heterocycles. The smallest absolute Gasteiger partial charge is 0.139 e. The molecule has 1 aromatic carbocycles. The summed E-state index contributed by atoms with van der Waals surface area (Å²) in [7, 11) is 0. The van der Waals surface area contributed by atoms with E-state index in [0.717, 1.165) is 11.3 Å². The molecule has 0 saturated carbocycles. The summed E-state index contributed by atoms with van der Waals surface area (Å²) in [6.45, 7) is 2.94. The summed E-state index contributed by atoms with van der Waals surface area (Å²) in [5, 5.41) is 19.0. The Kier molecular flexibility index (Phi) is 4.53. The number of aromatic hydroxyl groups is 1. The topological polar surface area (TPSA) is 56.6 Å². The van der Waals surface area contributed by atoms with Crippen molar-refractivity contribution in [1.29, 1.82) is 0 Å². The fourth-order valence-corrected chi connectivity index (χ4v) is 2.08. The van der Waals surface area contributed by atoms with Gasteiger partial charge in [-0.25, -0.2) is 4.39 Å². The quantitative estimate of drug-likeness (QED) is 0.880. The number of aliphatic hydroxyl groups is 1.